The van der Waals surface area contributed by atoms with E-state index >= 15 is 0 Å². The zero-order valence-electron chi connectivity index (χ0n) is 15.2. The van der Waals surface area contributed by atoms with Crippen molar-refractivity contribution in [2.24, 2.45) is 4.99 Å². The lowest BCUT2D eigenvalue weighted by Crippen LogP contribution is -2.40. The van der Waals surface area contributed by atoms with Gasteiger partial charge in [0.25, 0.3) is 0 Å². The number of nitrogens with one attached hydrogen (secondary N) is 2. The third-order valence-corrected chi connectivity index (χ3v) is 4.53. The van der Waals surface area contributed by atoms with Crippen molar-refractivity contribution in [2.75, 3.05) is 32.7 Å². The van der Waals surface area contributed by atoms with Crippen LogP contribution in [0.1, 0.15) is 37.8 Å². The van der Waals surface area contributed by atoms with Crippen LogP contribution in [0, 0.1) is 6.92 Å². The van der Waals surface area contributed by atoms with E-state index in [1.54, 1.807) is 0 Å². The lowest BCUT2D eigenvalue weighted by atomic mass is 10.1. The first-order valence-corrected chi connectivity index (χ1v) is 8.90. The molecule has 2 N–H and O–H groups in total. The van der Waals surface area contributed by atoms with E-state index in [2.05, 4.69) is 47.4 Å². The van der Waals surface area contributed by atoms with Crippen molar-refractivity contribution >= 4 is 29.9 Å². The summed E-state index contributed by atoms with van der Waals surface area (Å²) in [5.74, 6) is 0.933. The van der Waals surface area contributed by atoms with Gasteiger partial charge in [0.2, 0.25) is 0 Å². The Kier molecular flexibility index (Phi) is 10.2. The number of aliphatic imine (C=N–C) groups is 1. The monoisotopic (exact) mass is 445 g/mol. The fourth-order valence-corrected chi connectivity index (χ4v) is 3.15. The Morgan fingerprint density at radius 3 is 2.92 bits per heavy atom. The van der Waals surface area contributed by atoms with Gasteiger partial charge in [-0.1, -0.05) is 6.92 Å². The molecule has 1 saturated heterocycles. The summed E-state index contributed by atoms with van der Waals surface area (Å²) in [5, 5.41) is 6.80. The van der Waals surface area contributed by atoms with Crippen LogP contribution in [0.5, 0.6) is 0 Å². The first kappa shape index (κ1) is 21.2. The molecule has 1 aliphatic heterocycles. The summed E-state index contributed by atoms with van der Waals surface area (Å²) in [6, 6.07) is 2.71. The number of nitrogens with zero attached hydrogens (tertiary/aromatic N) is 3. The molecule has 1 atom stereocenters. The molecule has 5 nitrogen and oxygen atoms in total. The average Bonchev–Trinajstić information content (AvgIpc) is 3.02. The molecule has 0 spiro atoms. The molecule has 1 aliphatic rings. The second-order valence-corrected chi connectivity index (χ2v) is 6.12. The number of halogens is 1. The first-order valence-electron chi connectivity index (χ1n) is 8.90. The Labute approximate surface area is 163 Å². The maximum atomic E-state index is 4.79. The topological polar surface area (TPSA) is 52.6 Å². The number of hydrogen-bond acceptors (Lipinski definition) is 3. The zero-order valence-corrected chi connectivity index (χ0v) is 17.5. The van der Waals surface area contributed by atoms with E-state index in [0.29, 0.717) is 6.04 Å². The molecule has 0 bridgehead atoms. The van der Waals surface area contributed by atoms with Gasteiger partial charge >= 0.3 is 0 Å². The summed E-state index contributed by atoms with van der Waals surface area (Å²) in [7, 11) is 0. The summed E-state index contributed by atoms with van der Waals surface area (Å²) in [5.41, 5.74) is 2.59. The maximum Gasteiger partial charge on any atom is 0.191 e. The van der Waals surface area contributed by atoms with Gasteiger partial charge in [0, 0.05) is 31.5 Å². The molecule has 24 heavy (non-hydrogen) atoms. The van der Waals surface area contributed by atoms with Gasteiger partial charge in [-0.15, -0.1) is 24.0 Å². The summed E-state index contributed by atoms with van der Waals surface area (Å²) in [4.78, 5) is 11.5. The van der Waals surface area contributed by atoms with E-state index < -0.39 is 0 Å². The van der Waals surface area contributed by atoms with Crippen molar-refractivity contribution in [1.82, 2.24) is 20.5 Å². The minimum Gasteiger partial charge on any atom is -0.357 e. The van der Waals surface area contributed by atoms with Gasteiger partial charge in [-0.2, -0.15) is 0 Å². The summed E-state index contributed by atoms with van der Waals surface area (Å²) < 4.78 is 0. The van der Waals surface area contributed by atoms with Crippen molar-refractivity contribution in [3.63, 3.8) is 0 Å². The van der Waals surface area contributed by atoms with Gasteiger partial charge in [0.05, 0.1) is 6.54 Å². The Balaban J connectivity index is 0.00000288. The van der Waals surface area contributed by atoms with Gasteiger partial charge in [-0.3, -0.25) is 14.9 Å². The Hall–Kier alpha value is -0.890. The van der Waals surface area contributed by atoms with Gasteiger partial charge in [-0.05, 0) is 63.4 Å². The third-order valence-electron chi connectivity index (χ3n) is 4.53. The molecule has 2 heterocycles. The predicted octanol–water partition coefficient (Wildman–Crippen LogP) is 2.59. The number of aromatic nitrogens is 1. The number of hydrogen-bond donors (Lipinski definition) is 2. The van der Waals surface area contributed by atoms with Crippen LogP contribution in [0.2, 0.25) is 0 Å². The van der Waals surface area contributed by atoms with E-state index in [1.807, 2.05) is 12.4 Å². The fourth-order valence-electron chi connectivity index (χ4n) is 3.15. The van der Waals surface area contributed by atoms with Crippen LogP contribution < -0.4 is 10.6 Å². The molecule has 1 fully saturated rings. The van der Waals surface area contributed by atoms with Crippen molar-refractivity contribution < 1.29 is 0 Å². The molecule has 0 saturated carbocycles. The van der Waals surface area contributed by atoms with Crippen LogP contribution in [0.15, 0.2) is 23.5 Å². The highest BCUT2D eigenvalue weighted by molar-refractivity contribution is 14.0. The predicted molar refractivity (Wildman–Crippen MR) is 112 cm³/mol. The largest absolute Gasteiger partial charge is 0.357 e. The van der Waals surface area contributed by atoms with Gasteiger partial charge in [0.1, 0.15) is 0 Å². The normalized spacial score (nSPS) is 18.3. The second kappa shape index (κ2) is 11.6. The van der Waals surface area contributed by atoms with Crippen molar-refractivity contribution in [3.05, 3.63) is 29.6 Å². The number of aryl methyl sites for hydroxylation is 1. The Bertz CT molecular complexity index is 506. The minimum absolute atomic E-state index is 0. The molecular weight excluding hydrogens is 413 g/mol. The quantitative estimate of drug-likeness (QED) is 0.385. The van der Waals surface area contributed by atoms with Gasteiger partial charge in [0.15, 0.2) is 5.96 Å². The number of guanidine groups is 1. The lowest BCUT2D eigenvalue weighted by molar-refractivity contribution is 0.273. The van der Waals surface area contributed by atoms with E-state index in [-0.39, 0.29) is 24.0 Å². The average molecular weight is 445 g/mol. The van der Waals surface area contributed by atoms with Crippen LogP contribution in [-0.4, -0.2) is 54.6 Å². The molecule has 0 aliphatic carbocycles. The van der Waals surface area contributed by atoms with Crippen LogP contribution in [0.4, 0.5) is 0 Å². The molecule has 0 aromatic carbocycles. The van der Waals surface area contributed by atoms with Crippen molar-refractivity contribution in [3.8, 4) is 0 Å². The molecule has 6 heteroatoms. The molecule has 2 rings (SSSR count). The van der Waals surface area contributed by atoms with E-state index in [9.17, 15) is 0 Å². The zero-order chi connectivity index (χ0) is 16.5. The summed E-state index contributed by atoms with van der Waals surface area (Å²) in [6.45, 7) is 11.5. The fraction of sp³-hybridized carbons (Fsp3) is 0.667. The summed E-state index contributed by atoms with van der Waals surface area (Å²) in [6.07, 6.45) is 7.35. The highest BCUT2D eigenvalue weighted by Gasteiger charge is 2.22. The highest BCUT2D eigenvalue weighted by atomic mass is 127. The Morgan fingerprint density at radius 1 is 1.38 bits per heavy atom. The van der Waals surface area contributed by atoms with Gasteiger partial charge in [-0.25, -0.2) is 0 Å². The molecular formula is C18H32IN5. The van der Waals surface area contributed by atoms with Crippen LogP contribution in [0.3, 0.4) is 0 Å². The SMILES string of the molecule is CCNC(=NCC1CCCN1CC)NCCc1ccncc1C.I. The Morgan fingerprint density at radius 2 is 2.21 bits per heavy atom. The van der Waals surface area contributed by atoms with E-state index in [0.717, 1.165) is 38.6 Å². The smallest absolute Gasteiger partial charge is 0.191 e. The second-order valence-electron chi connectivity index (χ2n) is 6.12. The molecule has 1 unspecified atom stereocenters. The van der Waals surface area contributed by atoms with Gasteiger partial charge < -0.3 is 10.6 Å². The molecule has 0 radical (unpaired) electrons. The van der Waals surface area contributed by atoms with Crippen LogP contribution in [0.25, 0.3) is 0 Å². The van der Waals surface area contributed by atoms with Crippen molar-refractivity contribution in [1.29, 1.82) is 0 Å². The number of likely N-dealkylation sites (N-methyl/N-ethyl adjacent to an activating group) is 1. The molecule has 0 amide bonds. The number of likely N-dealkylation sites (tertiary alicyclic amines) is 1. The standard InChI is InChI=1S/C18H31N5.HI/c1-4-20-18(22-14-17-7-6-12-23(17)5-2)21-11-9-16-8-10-19-13-15(16)3;/h8,10,13,17H,4-7,9,11-12,14H2,1-3H3,(H2,20,21,22);1H. The van der Waals surface area contributed by atoms with Crippen LogP contribution in [-0.2, 0) is 6.42 Å². The number of rotatable bonds is 7. The first-order chi connectivity index (χ1) is 11.2. The molecule has 136 valence electrons. The van der Waals surface area contributed by atoms with E-state index in [1.165, 1.54) is 30.5 Å². The summed E-state index contributed by atoms with van der Waals surface area (Å²) >= 11 is 0. The number of pyridine rings is 1. The third kappa shape index (κ3) is 6.55. The lowest BCUT2D eigenvalue weighted by Gasteiger charge is -2.21. The molecule has 1 aromatic heterocycles. The van der Waals surface area contributed by atoms with E-state index in [4.69, 9.17) is 4.99 Å². The van der Waals surface area contributed by atoms with Crippen LogP contribution >= 0.6 is 24.0 Å². The minimum atomic E-state index is 0. The molecule has 1 aromatic rings. The highest BCUT2D eigenvalue weighted by Crippen LogP contribution is 2.16. The maximum absolute atomic E-state index is 4.79. The van der Waals surface area contributed by atoms with Crippen molar-refractivity contribution in [2.45, 2.75) is 46.1 Å².